The lowest BCUT2D eigenvalue weighted by atomic mass is 9.91. The van der Waals surface area contributed by atoms with Crippen molar-refractivity contribution in [2.45, 2.75) is 44.7 Å². The Balaban J connectivity index is 0.00000320. The molecule has 0 bridgehead atoms. The number of fused-ring (bicyclic) bond motifs is 1. The number of halogens is 1. The van der Waals surface area contributed by atoms with E-state index in [9.17, 15) is 4.79 Å². The second kappa shape index (κ2) is 11.9. The standard InChI is InChI=1S/C29H30N4O3.ClH/c1-19-18-27(33-26-8-4-3-6-24(19)26)31-20-9-11-21(12-10-20)32-28(34)25-7-5-17-30-29(25)36-23-15-13-22(35-2)14-16-23;/h3-8,13-18,20-21H,9-12H2,1-2H3,(H,31,33)(H,32,34);1H. The molecule has 1 saturated carbocycles. The van der Waals surface area contributed by atoms with Crippen molar-refractivity contribution < 1.29 is 14.3 Å². The zero-order valence-electron chi connectivity index (χ0n) is 20.9. The van der Waals surface area contributed by atoms with Crippen molar-refractivity contribution in [3.05, 3.63) is 84.1 Å². The first-order valence-corrected chi connectivity index (χ1v) is 12.3. The minimum atomic E-state index is -0.171. The van der Waals surface area contributed by atoms with Crippen molar-refractivity contribution in [1.82, 2.24) is 15.3 Å². The number of nitrogens with one attached hydrogen (secondary N) is 2. The number of hydrogen-bond donors (Lipinski definition) is 2. The number of ether oxygens (including phenoxy) is 2. The first-order chi connectivity index (χ1) is 17.6. The van der Waals surface area contributed by atoms with Gasteiger partial charge in [-0.05, 0) is 86.7 Å². The number of rotatable bonds is 7. The molecule has 1 aliphatic carbocycles. The van der Waals surface area contributed by atoms with Crippen molar-refractivity contribution in [3.8, 4) is 17.4 Å². The third-order valence-electron chi connectivity index (χ3n) is 6.63. The number of carbonyl (C=O) groups is 1. The fourth-order valence-electron chi connectivity index (χ4n) is 4.68. The summed E-state index contributed by atoms with van der Waals surface area (Å²) in [5.41, 5.74) is 2.64. The van der Waals surface area contributed by atoms with Crippen LogP contribution < -0.4 is 20.1 Å². The van der Waals surface area contributed by atoms with E-state index < -0.39 is 0 Å². The topological polar surface area (TPSA) is 85.4 Å². The van der Waals surface area contributed by atoms with Crippen molar-refractivity contribution in [2.24, 2.45) is 0 Å². The van der Waals surface area contributed by atoms with Crippen LogP contribution in [0.5, 0.6) is 17.4 Å². The summed E-state index contributed by atoms with van der Waals surface area (Å²) in [5, 5.41) is 7.96. The molecule has 0 unspecified atom stereocenters. The van der Waals surface area contributed by atoms with Crippen LogP contribution in [0.25, 0.3) is 10.9 Å². The number of hydrogen-bond acceptors (Lipinski definition) is 6. The molecule has 1 aliphatic rings. The Morgan fingerprint density at radius 3 is 2.38 bits per heavy atom. The molecule has 2 aromatic carbocycles. The maximum atomic E-state index is 13.1. The minimum absolute atomic E-state index is 0. The summed E-state index contributed by atoms with van der Waals surface area (Å²) in [6.07, 6.45) is 5.33. The first kappa shape index (κ1) is 26.2. The van der Waals surface area contributed by atoms with Crippen LogP contribution >= 0.6 is 12.4 Å². The molecule has 2 N–H and O–H groups in total. The van der Waals surface area contributed by atoms with Gasteiger partial charge in [-0.3, -0.25) is 4.79 Å². The first-order valence-electron chi connectivity index (χ1n) is 12.3. The van der Waals surface area contributed by atoms with Gasteiger partial charge in [0, 0.05) is 23.7 Å². The zero-order chi connectivity index (χ0) is 24.9. The number of anilines is 1. The van der Waals surface area contributed by atoms with Gasteiger partial charge in [-0.15, -0.1) is 12.4 Å². The number of methoxy groups -OCH3 is 1. The van der Waals surface area contributed by atoms with E-state index >= 15 is 0 Å². The molecule has 1 amide bonds. The van der Waals surface area contributed by atoms with Gasteiger partial charge < -0.3 is 20.1 Å². The van der Waals surface area contributed by atoms with Gasteiger partial charge in [0.15, 0.2) is 0 Å². The largest absolute Gasteiger partial charge is 0.497 e. The molecule has 1 fully saturated rings. The molecule has 0 atom stereocenters. The summed E-state index contributed by atoms with van der Waals surface area (Å²) < 4.78 is 11.1. The van der Waals surface area contributed by atoms with Crippen molar-refractivity contribution in [1.29, 1.82) is 0 Å². The lowest BCUT2D eigenvalue weighted by molar-refractivity contribution is 0.0923. The molecule has 0 aliphatic heterocycles. The maximum Gasteiger partial charge on any atom is 0.257 e. The second-order valence-corrected chi connectivity index (χ2v) is 9.14. The molecule has 0 saturated heterocycles. The van der Waals surface area contributed by atoms with Crippen LogP contribution in [0.15, 0.2) is 72.9 Å². The zero-order valence-corrected chi connectivity index (χ0v) is 21.8. The highest BCUT2D eigenvalue weighted by Gasteiger charge is 2.24. The highest BCUT2D eigenvalue weighted by molar-refractivity contribution is 5.96. The minimum Gasteiger partial charge on any atom is -0.497 e. The molecule has 0 radical (unpaired) electrons. The van der Waals surface area contributed by atoms with Gasteiger partial charge in [-0.2, -0.15) is 0 Å². The average Bonchev–Trinajstić information content (AvgIpc) is 2.90. The Bertz CT molecular complexity index is 1360. The fraction of sp³-hybridized carbons (Fsp3) is 0.276. The highest BCUT2D eigenvalue weighted by atomic mass is 35.5. The number of pyridine rings is 2. The monoisotopic (exact) mass is 518 g/mol. The van der Waals surface area contributed by atoms with Crippen LogP contribution in [0.4, 0.5) is 5.82 Å². The lowest BCUT2D eigenvalue weighted by Gasteiger charge is -2.30. The van der Waals surface area contributed by atoms with E-state index in [4.69, 9.17) is 14.5 Å². The SMILES string of the molecule is COc1ccc(Oc2ncccc2C(=O)NC2CCC(Nc3cc(C)c4ccccc4n3)CC2)cc1.Cl. The van der Waals surface area contributed by atoms with Crippen LogP contribution in [0.2, 0.25) is 0 Å². The van der Waals surface area contributed by atoms with Gasteiger partial charge in [-0.1, -0.05) is 18.2 Å². The van der Waals surface area contributed by atoms with E-state index in [1.54, 1.807) is 49.7 Å². The predicted octanol–water partition coefficient (Wildman–Crippen LogP) is 6.31. The van der Waals surface area contributed by atoms with Crippen LogP contribution in [0.3, 0.4) is 0 Å². The van der Waals surface area contributed by atoms with Crippen molar-refractivity contribution in [2.75, 3.05) is 12.4 Å². The van der Waals surface area contributed by atoms with Gasteiger partial charge in [0.25, 0.3) is 5.91 Å². The molecule has 0 spiro atoms. The van der Waals surface area contributed by atoms with Crippen LogP contribution in [-0.2, 0) is 0 Å². The van der Waals surface area contributed by atoms with Gasteiger partial charge in [-0.25, -0.2) is 9.97 Å². The lowest BCUT2D eigenvalue weighted by Crippen LogP contribution is -2.40. The van der Waals surface area contributed by atoms with Gasteiger partial charge >= 0.3 is 0 Å². The molecular weight excluding hydrogens is 488 g/mol. The predicted molar refractivity (Wildman–Crippen MR) is 148 cm³/mol. The van der Waals surface area contributed by atoms with Crippen molar-refractivity contribution >= 4 is 35.0 Å². The summed E-state index contributed by atoms with van der Waals surface area (Å²) in [6, 6.07) is 21.4. The summed E-state index contributed by atoms with van der Waals surface area (Å²) in [4.78, 5) is 22.2. The Morgan fingerprint density at radius 1 is 0.919 bits per heavy atom. The van der Waals surface area contributed by atoms with E-state index in [1.165, 1.54) is 10.9 Å². The number of aromatic nitrogens is 2. The number of nitrogens with zero attached hydrogens (tertiary/aromatic N) is 2. The molecule has 7 nitrogen and oxygen atoms in total. The van der Waals surface area contributed by atoms with Crippen LogP contribution in [0, 0.1) is 6.92 Å². The number of aryl methyl sites for hydroxylation is 1. The maximum absolute atomic E-state index is 13.1. The summed E-state index contributed by atoms with van der Waals surface area (Å²) in [5.74, 6) is 2.35. The number of para-hydroxylation sites is 1. The van der Waals surface area contributed by atoms with Crippen molar-refractivity contribution in [3.63, 3.8) is 0 Å². The quantitative estimate of drug-likeness (QED) is 0.298. The normalized spacial score (nSPS) is 16.9. The molecule has 5 rings (SSSR count). The van der Waals surface area contributed by atoms with Crippen LogP contribution in [-0.4, -0.2) is 35.1 Å². The number of amides is 1. The van der Waals surface area contributed by atoms with E-state index in [2.05, 4.69) is 34.7 Å². The third-order valence-corrected chi connectivity index (χ3v) is 6.63. The Labute approximate surface area is 223 Å². The molecule has 2 aromatic heterocycles. The summed E-state index contributed by atoms with van der Waals surface area (Å²) in [7, 11) is 1.61. The van der Waals surface area contributed by atoms with E-state index in [-0.39, 0.29) is 30.2 Å². The van der Waals surface area contributed by atoms with Gasteiger partial charge in [0.1, 0.15) is 22.9 Å². The Hall–Kier alpha value is -3.84. The molecule has 8 heteroatoms. The Morgan fingerprint density at radius 2 is 1.62 bits per heavy atom. The molecule has 4 aromatic rings. The van der Waals surface area contributed by atoms with Gasteiger partial charge in [0.05, 0.1) is 12.6 Å². The van der Waals surface area contributed by atoms with Crippen LogP contribution in [0.1, 0.15) is 41.6 Å². The molecular formula is C29H31ClN4O3. The second-order valence-electron chi connectivity index (χ2n) is 9.14. The van der Waals surface area contributed by atoms with Gasteiger partial charge in [0.2, 0.25) is 5.88 Å². The third kappa shape index (κ3) is 6.30. The highest BCUT2D eigenvalue weighted by Crippen LogP contribution is 2.27. The fourth-order valence-corrected chi connectivity index (χ4v) is 4.68. The van der Waals surface area contributed by atoms with E-state index in [1.807, 2.05) is 18.2 Å². The number of carbonyl (C=O) groups excluding carboxylic acids is 1. The van der Waals surface area contributed by atoms with E-state index in [0.29, 0.717) is 17.4 Å². The molecule has 2 heterocycles. The average molecular weight is 519 g/mol. The Kier molecular flexibility index (Phi) is 8.46. The molecule has 192 valence electrons. The summed E-state index contributed by atoms with van der Waals surface area (Å²) in [6.45, 7) is 2.12. The smallest absolute Gasteiger partial charge is 0.257 e. The van der Waals surface area contributed by atoms with E-state index in [0.717, 1.165) is 42.8 Å². The molecule has 37 heavy (non-hydrogen) atoms. The summed E-state index contributed by atoms with van der Waals surface area (Å²) >= 11 is 0. The number of benzene rings is 2.